The highest BCUT2D eigenvalue weighted by molar-refractivity contribution is 6.08. The number of carboxylic acids is 1. The largest absolute Gasteiger partial charge is 0.506 e. The number of fused-ring (bicyclic) bond motifs is 4. The quantitative estimate of drug-likeness (QED) is 0.255. The van der Waals surface area contributed by atoms with E-state index in [2.05, 4.69) is 0 Å². The minimum atomic E-state index is -2.27. The van der Waals surface area contributed by atoms with Crippen molar-refractivity contribution >= 4 is 22.5 Å². The Morgan fingerprint density at radius 1 is 1.16 bits per heavy atom. The summed E-state index contributed by atoms with van der Waals surface area (Å²) >= 11 is 0. The third kappa shape index (κ3) is 3.12. The third-order valence-corrected chi connectivity index (χ3v) is 9.16. The first-order valence-corrected chi connectivity index (χ1v) is 12.7. The molecule has 1 heterocycles. The second kappa shape index (κ2) is 8.00. The minimum absolute atomic E-state index is 0.0205. The molecule has 3 aliphatic carbocycles. The monoisotopic (exact) mass is 526 g/mol. The van der Waals surface area contributed by atoms with Crippen LogP contribution in [-0.2, 0) is 4.74 Å². The number of hydrogen-bond donors (Lipinski definition) is 6. The van der Waals surface area contributed by atoms with Crippen molar-refractivity contribution < 1.29 is 49.7 Å². The lowest BCUT2D eigenvalue weighted by molar-refractivity contribution is -0.386. The van der Waals surface area contributed by atoms with Gasteiger partial charge in [-0.25, -0.2) is 4.79 Å². The number of carbonyl (C=O) groups is 2. The zero-order valence-corrected chi connectivity index (χ0v) is 20.9. The third-order valence-electron chi connectivity index (χ3n) is 9.16. The number of benzene rings is 2. The van der Waals surface area contributed by atoms with Crippen LogP contribution in [0.3, 0.4) is 0 Å². The Labute approximate surface area is 217 Å². The summed E-state index contributed by atoms with van der Waals surface area (Å²) in [5.74, 6) is -3.09. The van der Waals surface area contributed by atoms with Gasteiger partial charge in [0.25, 0.3) is 0 Å². The predicted octanol–water partition coefficient (Wildman–Crippen LogP) is 1.80. The molecule has 1 aliphatic heterocycles. The molecule has 4 aliphatic rings. The van der Waals surface area contributed by atoms with Crippen molar-refractivity contribution in [2.24, 2.45) is 11.8 Å². The molecule has 2 saturated carbocycles. The average Bonchev–Trinajstić information content (AvgIpc) is 3.22. The van der Waals surface area contributed by atoms with Crippen molar-refractivity contribution in [3.8, 4) is 11.5 Å². The fourth-order valence-corrected chi connectivity index (χ4v) is 7.34. The molecule has 0 spiro atoms. The van der Waals surface area contributed by atoms with Crippen LogP contribution in [0.5, 0.6) is 11.5 Å². The van der Waals surface area contributed by atoms with Gasteiger partial charge < -0.3 is 40.1 Å². The van der Waals surface area contributed by atoms with Crippen LogP contribution >= 0.6 is 0 Å². The summed E-state index contributed by atoms with van der Waals surface area (Å²) in [6, 6.07) is 4.00. The van der Waals surface area contributed by atoms with Crippen LogP contribution in [0.15, 0.2) is 30.4 Å². The number of phenolic OH excluding ortho intramolecular Hbond substituents is 1. The van der Waals surface area contributed by atoms with Crippen LogP contribution in [0.2, 0.25) is 0 Å². The van der Waals surface area contributed by atoms with Gasteiger partial charge in [0, 0.05) is 5.92 Å². The van der Waals surface area contributed by atoms with E-state index in [9.17, 15) is 40.2 Å². The van der Waals surface area contributed by atoms with Gasteiger partial charge in [-0.05, 0) is 68.2 Å². The fraction of sp³-hybridized carbons (Fsp3) is 0.500. The van der Waals surface area contributed by atoms with Gasteiger partial charge in [0.05, 0.1) is 22.1 Å². The van der Waals surface area contributed by atoms with Crippen molar-refractivity contribution in [3.05, 3.63) is 47.0 Å². The number of rotatable bonds is 4. The van der Waals surface area contributed by atoms with Crippen LogP contribution < -0.4 is 4.74 Å². The Balaban J connectivity index is 1.52. The van der Waals surface area contributed by atoms with Gasteiger partial charge in [-0.15, -0.1) is 0 Å². The smallest absolute Gasteiger partial charge is 0.335 e. The minimum Gasteiger partial charge on any atom is -0.506 e. The van der Waals surface area contributed by atoms with E-state index >= 15 is 0 Å². The molecule has 0 radical (unpaired) electrons. The summed E-state index contributed by atoms with van der Waals surface area (Å²) in [6.45, 7) is 2.90. The van der Waals surface area contributed by atoms with E-state index in [-0.39, 0.29) is 33.6 Å². The highest BCUT2D eigenvalue weighted by Gasteiger charge is 2.74. The van der Waals surface area contributed by atoms with Crippen molar-refractivity contribution in [2.75, 3.05) is 0 Å². The number of ether oxygens (including phenoxy) is 2. The number of aliphatic hydroxyl groups excluding tert-OH is 1. The second-order valence-corrected chi connectivity index (χ2v) is 11.3. The van der Waals surface area contributed by atoms with Crippen LogP contribution in [0.1, 0.15) is 58.9 Å². The molecule has 3 fully saturated rings. The van der Waals surface area contributed by atoms with Crippen molar-refractivity contribution in [2.45, 2.75) is 74.8 Å². The maximum atomic E-state index is 12.3. The number of aliphatic hydroxyl groups is 4. The maximum Gasteiger partial charge on any atom is 0.335 e. The first-order chi connectivity index (χ1) is 17.8. The molecule has 202 valence electrons. The van der Waals surface area contributed by atoms with Gasteiger partial charge in [-0.1, -0.05) is 18.6 Å². The Hall–Kier alpha value is -3.02. The molecule has 10 nitrogen and oxygen atoms in total. The van der Waals surface area contributed by atoms with Gasteiger partial charge in [0.2, 0.25) is 6.29 Å². The summed E-state index contributed by atoms with van der Waals surface area (Å²) in [7, 11) is 0. The lowest BCUT2D eigenvalue weighted by atomic mass is 9.55. The highest BCUT2D eigenvalue weighted by atomic mass is 16.7. The molecule has 2 aromatic rings. The first-order valence-electron chi connectivity index (χ1n) is 12.7. The standard InChI is InChI=1S/C28H30O10/c1-12-8-14-9-15(22(31)32)10-18(20(14)21(30)19(12)13(2)29)37-25-27(35)7-5-17-11-16-4-3-6-26(16,34)24(38-25)28(17,36)23(27)33/h5,7-10,16-17,23-25,30,33-36H,3-4,6,11H2,1-2H3,(H,31,32). The van der Waals surface area contributed by atoms with E-state index in [0.29, 0.717) is 24.8 Å². The van der Waals surface area contributed by atoms with E-state index in [4.69, 9.17) is 9.47 Å². The summed E-state index contributed by atoms with van der Waals surface area (Å²) in [5, 5.41) is 67.4. The normalized spacial score (nSPS) is 39.2. The van der Waals surface area contributed by atoms with E-state index in [1.807, 2.05) is 0 Å². The number of Topliss-reactive ketones (excluding diaryl/α,β-unsaturated/α-hetero) is 1. The molecular formula is C28H30O10. The molecule has 8 atom stereocenters. The molecule has 38 heavy (non-hydrogen) atoms. The SMILES string of the molecule is CC(=O)c1c(C)cc2cc(C(=O)O)cc(OC3OC4C5(O)CCCC5CC5C=CC3(O)C(O)C54O)c2c1O. The Morgan fingerprint density at radius 2 is 1.89 bits per heavy atom. The lowest BCUT2D eigenvalue weighted by Gasteiger charge is -2.63. The summed E-state index contributed by atoms with van der Waals surface area (Å²) in [5.41, 5.74) is -5.44. The maximum absolute atomic E-state index is 12.3. The number of hydrogen-bond acceptors (Lipinski definition) is 9. The first kappa shape index (κ1) is 25.3. The van der Waals surface area contributed by atoms with Crippen LogP contribution in [0.4, 0.5) is 0 Å². The van der Waals surface area contributed by atoms with Crippen molar-refractivity contribution in [1.29, 1.82) is 0 Å². The number of ketones is 1. The van der Waals surface area contributed by atoms with E-state index in [1.54, 1.807) is 19.1 Å². The Morgan fingerprint density at radius 3 is 2.58 bits per heavy atom. The number of aromatic carboxylic acids is 1. The molecule has 6 N–H and O–H groups in total. The number of carbonyl (C=O) groups excluding carboxylic acids is 1. The summed E-state index contributed by atoms with van der Waals surface area (Å²) in [4.78, 5) is 24.2. The molecule has 10 heteroatoms. The van der Waals surface area contributed by atoms with E-state index in [0.717, 1.165) is 12.5 Å². The predicted molar refractivity (Wildman–Crippen MR) is 132 cm³/mol. The van der Waals surface area contributed by atoms with E-state index in [1.165, 1.54) is 19.1 Å². The number of aryl methyl sites for hydroxylation is 1. The van der Waals surface area contributed by atoms with Crippen LogP contribution in [0, 0.1) is 18.8 Å². The fourth-order valence-electron chi connectivity index (χ4n) is 7.34. The topological polar surface area (TPSA) is 174 Å². The number of carboxylic acid groups (broad SMARTS) is 1. The molecular weight excluding hydrogens is 496 g/mol. The average molecular weight is 527 g/mol. The van der Waals surface area contributed by atoms with Crippen LogP contribution in [0.25, 0.3) is 10.8 Å². The highest BCUT2D eigenvalue weighted by Crippen LogP contribution is 2.59. The molecule has 8 unspecified atom stereocenters. The summed E-state index contributed by atoms with van der Waals surface area (Å²) < 4.78 is 12.2. The second-order valence-electron chi connectivity index (χ2n) is 11.3. The van der Waals surface area contributed by atoms with Crippen molar-refractivity contribution in [3.63, 3.8) is 0 Å². The molecule has 1 saturated heterocycles. The van der Waals surface area contributed by atoms with Crippen molar-refractivity contribution in [1.82, 2.24) is 0 Å². The number of aromatic hydroxyl groups is 1. The summed E-state index contributed by atoms with van der Waals surface area (Å²) in [6.07, 6.45) is 0.299. The van der Waals surface area contributed by atoms with Gasteiger partial charge in [-0.3, -0.25) is 4.79 Å². The molecule has 2 aromatic carbocycles. The zero-order valence-electron chi connectivity index (χ0n) is 20.9. The lowest BCUT2D eigenvalue weighted by Crippen LogP contribution is -2.82. The van der Waals surface area contributed by atoms with Gasteiger partial charge in [0.15, 0.2) is 11.4 Å². The van der Waals surface area contributed by atoms with Gasteiger partial charge >= 0.3 is 5.97 Å². The molecule has 0 amide bonds. The molecule has 0 aromatic heterocycles. The van der Waals surface area contributed by atoms with Crippen LogP contribution in [-0.4, -0.2) is 77.7 Å². The Bertz CT molecular complexity index is 1420. The number of phenols is 1. The Kier molecular flexibility index (Phi) is 5.32. The van der Waals surface area contributed by atoms with Gasteiger partial charge in [-0.2, -0.15) is 0 Å². The zero-order chi connectivity index (χ0) is 27.4. The van der Waals surface area contributed by atoms with E-state index < -0.39 is 58.7 Å². The molecule has 2 bridgehead atoms. The molecule has 6 rings (SSSR count). The van der Waals surface area contributed by atoms with Gasteiger partial charge in [0.1, 0.15) is 29.3 Å².